The average molecular weight is 359 g/mol. The molecule has 0 spiro atoms. The molecule has 2 saturated heterocycles. The zero-order chi connectivity index (χ0) is 17.2. The largest absolute Gasteiger partial charge is 0.378 e. The fourth-order valence-corrected chi connectivity index (χ4v) is 5.11. The Hall–Kier alpha value is -1.43. The van der Waals surface area contributed by atoms with Crippen LogP contribution in [-0.2, 0) is 16.0 Å². The van der Waals surface area contributed by atoms with Crippen LogP contribution < -0.4 is 5.73 Å². The van der Waals surface area contributed by atoms with E-state index in [1.807, 2.05) is 11.0 Å². The van der Waals surface area contributed by atoms with Crippen molar-refractivity contribution >= 4 is 27.3 Å². The molecule has 0 radical (unpaired) electrons. The lowest BCUT2D eigenvalue weighted by atomic mass is 9.86. The van der Waals surface area contributed by atoms with Gasteiger partial charge in [-0.1, -0.05) is 18.2 Å². The third-order valence-electron chi connectivity index (χ3n) is 5.68. The molecular formula is C20H26N2O2S. The van der Waals surface area contributed by atoms with E-state index in [2.05, 4.69) is 23.6 Å². The second kappa shape index (κ2) is 7.44. The predicted octanol–water partition coefficient (Wildman–Crippen LogP) is 3.19. The summed E-state index contributed by atoms with van der Waals surface area (Å²) in [6.45, 7) is 2.48. The van der Waals surface area contributed by atoms with E-state index >= 15 is 0 Å². The highest BCUT2D eigenvalue weighted by molar-refractivity contribution is 7.17. The van der Waals surface area contributed by atoms with Gasteiger partial charge >= 0.3 is 0 Å². The maximum atomic E-state index is 12.7. The van der Waals surface area contributed by atoms with Crippen LogP contribution in [0.5, 0.6) is 0 Å². The lowest BCUT2D eigenvalue weighted by Gasteiger charge is -2.38. The van der Waals surface area contributed by atoms with Gasteiger partial charge in [-0.15, -0.1) is 11.3 Å². The minimum absolute atomic E-state index is 0.253. The van der Waals surface area contributed by atoms with Crippen LogP contribution in [0.3, 0.4) is 0 Å². The molecule has 0 aliphatic carbocycles. The van der Waals surface area contributed by atoms with Gasteiger partial charge in [-0.05, 0) is 54.0 Å². The summed E-state index contributed by atoms with van der Waals surface area (Å²) in [6.07, 6.45) is 4.82. The number of amides is 1. The summed E-state index contributed by atoms with van der Waals surface area (Å²) in [6, 6.07) is 8.61. The summed E-state index contributed by atoms with van der Waals surface area (Å²) in [5.74, 6) is 0.806. The topological polar surface area (TPSA) is 55.6 Å². The van der Waals surface area contributed by atoms with Crippen LogP contribution >= 0.6 is 11.3 Å². The van der Waals surface area contributed by atoms with Crippen molar-refractivity contribution in [3.8, 4) is 0 Å². The van der Waals surface area contributed by atoms with Gasteiger partial charge in [0.2, 0.25) is 5.91 Å². The Bertz CT molecular complexity index is 736. The molecule has 0 saturated carbocycles. The standard InChI is InChI=1S/C20H26N2O2S/c21-16-7-10-24-18(12-16)14-5-8-22(9-6-14)20(23)11-15-13-25-19-4-2-1-3-17(15)19/h1-4,13-14,16,18H,5-12,21H2/t16-,18+/m1/s1. The quantitative estimate of drug-likeness (QED) is 0.917. The number of benzene rings is 1. The third-order valence-corrected chi connectivity index (χ3v) is 6.69. The molecular weight excluding hydrogens is 332 g/mol. The second-order valence-corrected chi connectivity index (χ2v) is 8.26. The highest BCUT2D eigenvalue weighted by Gasteiger charge is 2.32. The Morgan fingerprint density at radius 1 is 1.24 bits per heavy atom. The zero-order valence-corrected chi connectivity index (χ0v) is 15.3. The highest BCUT2D eigenvalue weighted by Crippen LogP contribution is 2.30. The number of nitrogens with zero attached hydrogens (tertiary/aromatic N) is 1. The van der Waals surface area contributed by atoms with Crippen molar-refractivity contribution in [1.29, 1.82) is 0 Å². The summed E-state index contributed by atoms with van der Waals surface area (Å²) in [5, 5.41) is 3.35. The molecule has 5 heteroatoms. The van der Waals surface area contributed by atoms with Gasteiger partial charge in [0.1, 0.15) is 0 Å². The molecule has 2 aliphatic heterocycles. The highest BCUT2D eigenvalue weighted by atomic mass is 32.1. The van der Waals surface area contributed by atoms with E-state index in [-0.39, 0.29) is 11.9 Å². The molecule has 134 valence electrons. The van der Waals surface area contributed by atoms with Crippen LogP contribution in [0.25, 0.3) is 10.1 Å². The van der Waals surface area contributed by atoms with Crippen molar-refractivity contribution in [2.75, 3.05) is 19.7 Å². The number of fused-ring (bicyclic) bond motifs is 1. The van der Waals surface area contributed by atoms with Crippen molar-refractivity contribution in [1.82, 2.24) is 4.90 Å². The summed E-state index contributed by atoms with van der Waals surface area (Å²) in [5.41, 5.74) is 7.25. The maximum absolute atomic E-state index is 12.7. The summed E-state index contributed by atoms with van der Waals surface area (Å²) in [7, 11) is 0. The number of carbonyl (C=O) groups excluding carboxylic acids is 1. The number of rotatable bonds is 3. The number of piperidine rings is 1. The van der Waals surface area contributed by atoms with Crippen molar-refractivity contribution in [3.63, 3.8) is 0 Å². The fourth-order valence-electron chi connectivity index (χ4n) is 4.15. The van der Waals surface area contributed by atoms with Gasteiger partial charge in [-0.3, -0.25) is 4.79 Å². The maximum Gasteiger partial charge on any atom is 0.227 e. The smallest absolute Gasteiger partial charge is 0.227 e. The minimum atomic E-state index is 0.253. The molecule has 4 rings (SSSR count). The lowest BCUT2D eigenvalue weighted by Crippen LogP contribution is -2.45. The van der Waals surface area contributed by atoms with Crippen LogP contribution in [-0.4, -0.2) is 42.6 Å². The van der Waals surface area contributed by atoms with E-state index in [0.717, 1.165) is 50.9 Å². The summed E-state index contributed by atoms with van der Waals surface area (Å²) in [4.78, 5) is 14.8. The number of hydrogen-bond acceptors (Lipinski definition) is 4. The first-order valence-corrected chi connectivity index (χ1v) is 10.2. The van der Waals surface area contributed by atoms with Crippen LogP contribution in [0.4, 0.5) is 0 Å². The molecule has 4 nitrogen and oxygen atoms in total. The van der Waals surface area contributed by atoms with E-state index in [9.17, 15) is 4.79 Å². The molecule has 3 heterocycles. The van der Waals surface area contributed by atoms with E-state index in [0.29, 0.717) is 18.4 Å². The Kier molecular flexibility index (Phi) is 5.06. The summed E-state index contributed by atoms with van der Waals surface area (Å²) < 4.78 is 7.19. The van der Waals surface area contributed by atoms with Gasteiger partial charge in [-0.25, -0.2) is 0 Å². The molecule has 1 aromatic carbocycles. The van der Waals surface area contributed by atoms with E-state index in [1.54, 1.807) is 11.3 Å². The number of nitrogens with two attached hydrogens (primary N) is 1. The SMILES string of the molecule is N[C@@H]1CCO[C@H](C2CCN(C(=O)Cc3csc4ccccc34)CC2)C1. The molecule has 1 amide bonds. The first-order valence-electron chi connectivity index (χ1n) is 9.31. The van der Waals surface area contributed by atoms with E-state index < -0.39 is 0 Å². The van der Waals surface area contributed by atoms with Gasteiger partial charge in [0, 0.05) is 30.4 Å². The average Bonchev–Trinajstić information content (AvgIpc) is 3.05. The molecule has 0 bridgehead atoms. The van der Waals surface area contributed by atoms with E-state index in [4.69, 9.17) is 10.5 Å². The molecule has 2 aliphatic rings. The molecule has 0 unspecified atom stereocenters. The monoisotopic (exact) mass is 358 g/mol. The van der Waals surface area contributed by atoms with Gasteiger partial charge in [0.05, 0.1) is 12.5 Å². The number of likely N-dealkylation sites (tertiary alicyclic amines) is 1. The van der Waals surface area contributed by atoms with Gasteiger partial charge in [0.15, 0.2) is 0 Å². The third kappa shape index (κ3) is 3.73. The van der Waals surface area contributed by atoms with Gasteiger partial charge in [-0.2, -0.15) is 0 Å². The Balaban J connectivity index is 1.33. The normalized spacial score (nSPS) is 25.4. The molecule has 25 heavy (non-hydrogen) atoms. The van der Waals surface area contributed by atoms with E-state index in [1.165, 1.54) is 10.1 Å². The van der Waals surface area contributed by atoms with Gasteiger partial charge in [0.25, 0.3) is 0 Å². The molecule has 1 aromatic heterocycles. The number of hydrogen-bond donors (Lipinski definition) is 1. The van der Waals surface area contributed by atoms with Crippen LogP contribution in [0.2, 0.25) is 0 Å². The minimum Gasteiger partial charge on any atom is -0.378 e. The van der Waals surface area contributed by atoms with Crippen LogP contribution in [0.15, 0.2) is 29.6 Å². The fraction of sp³-hybridized carbons (Fsp3) is 0.550. The first kappa shape index (κ1) is 17.0. The van der Waals surface area contributed by atoms with Crippen molar-refractivity contribution < 1.29 is 9.53 Å². The van der Waals surface area contributed by atoms with Gasteiger partial charge < -0.3 is 15.4 Å². The number of carbonyl (C=O) groups is 1. The van der Waals surface area contributed by atoms with Crippen LogP contribution in [0, 0.1) is 5.92 Å². The molecule has 2 fully saturated rings. The Morgan fingerprint density at radius 3 is 2.84 bits per heavy atom. The Labute approximate surface area is 152 Å². The molecule has 2 aromatic rings. The number of thiophene rings is 1. The lowest BCUT2D eigenvalue weighted by molar-refractivity contribution is -0.133. The number of ether oxygens (including phenoxy) is 1. The Morgan fingerprint density at radius 2 is 2.04 bits per heavy atom. The van der Waals surface area contributed by atoms with Crippen LogP contribution in [0.1, 0.15) is 31.2 Å². The predicted molar refractivity (Wildman–Crippen MR) is 102 cm³/mol. The molecule has 2 N–H and O–H groups in total. The van der Waals surface area contributed by atoms with Crippen molar-refractivity contribution in [2.45, 2.75) is 44.2 Å². The zero-order valence-electron chi connectivity index (χ0n) is 14.5. The second-order valence-electron chi connectivity index (χ2n) is 7.35. The summed E-state index contributed by atoms with van der Waals surface area (Å²) >= 11 is 1.72. The van der Waals surface area contributed by atoms with Crippen molar-refractivity contribution in [3.05, 3.63) is 35.2 Å². The molecule has 2 atom stereocenters. The first-order chi connectivity index (χ1) is 12.2. The van der Waals surface area contributed by atoms with Crippen molar-refractivity contribution in [2.24, 2.45) is 11.7 Å².